The molecule has 2 atom stereocenters. The second-order valence-corrected chi connectivity index (χ2v) is 16.8. The van der Waals surface area contributed by atoms with Crippen LogP contribution in [-0.2, 0) is 0 Å². The topological polar surface area (TPSA) is 73.8 Å². The summed E-state index contributed by atoms with van der Waals surface area (Å²) >= 11 is -0.443. The summed E-state index contributed by atoms with van der Waals surface area (Å²) in [4.78, 5) is 13.1. The average molecular weight is 754 g/mol. The van der Waals surface area contributed by atoms with Crippen molar-refractivity contribution in [1.82, 2.24) is 20.2 Å². The summed E-state index contributed by atoms with van der Waals surface area (Å²) in [6.07, 6.45) is 10.3. The van der Waals surface area contributed by atoms with Crippen molar-refractivity contribution in [3.63, 3.8) is 0 Å². The van der Waals surface area contributed by atoms with E-state index in [0.717, 1.165) is 25.7 Å². The van der Waals surface area contributed by atoms with E-state index in [1.165, 1.54) is 18.2 Å². The first-order valence-corrected chi connectivity index (χ1v) is 18.8. The van der Waals surface area contributed by atoms with Gasteiger partial charge in [0, 0.05) is 75.8 Å². The minimum Gasteiger partial charge on any atom is -0.508 e. The van der Waals surface area contributed by atoms with Gasteiger partial charge in [0.15, 0.2) is 5.82 Å². The molecule has 3 aliphatic heterocycles. The highest BCUT2D eigenvalue weighted by Crippen LogP contribution is 2.66. The summed E-state index contributed by atoms with van der Waals surface area (Å²) in [5.74, 6) is -1.00. The molecule has 5 aliphatic rings. The van der Waals surface area contributed by atoms with Crippen LogP contribution in [0.5, 0.6) is 11.8 Å². The van der Waals surface area contributed by atoms with Crippen LogP contribution in [0.25, 0.3) is 32.8 Å². The second-order valence-electron chi connectivity index (χ2n) is 15.6. The largest absolute Gasteiger partial charge is 0.508 e. The number of benzene rings is 3. The molecule has 1 aromatic heterocycles. The molecule has 278 valence electrons. The Balaban J connectivity index is 1.13. The van der Waals surface area contributed by atoms with E-state index in [4.69, 9.17) is 16.1 Å². The number of hydrogen-bond acceptors (Lipinski definition) is 8. The van der Waals surface area contributed by atoms with Crippen LogP contribution in [0, 0.1) is 29.0 Å². The van der Waals surface area contributed by atoms with Gasteiger partial charge in [0.2, 0.25) is 0 Å². The molecule has 2 bridgehead atoms. The molecule has 0 radical (unpaired) electrons. The molecule has 14 heteroatoms. The number of alkyl halides is 5. The van der Waals surface area contributed by atoms with Crippen molar-refractivity contribution in [1.29, 1.82) is 0 Å². The van der Waals surface area contributed by atoms with Crippen LogP contribution in [0.3, 0.4) is 0 Å². The zero-order chi connectivity index (χ0) is 36.9. The van der Waals surface area contributed by atoms with E-state index in [1.807, 2.05) is 4.90 Å². The highest BCUT2D eigenvalue weighted by molar-refractivity contribution is 8.00. The number of halogens is 6. The smallest absolute Gasteiger partial charge is 0.446 e. The number of anilines is 1. The Morgan fingerprint density at radius 3 is 2.40 bits per heavy atom. The first-order chi connectivity index (χ1) is 25.2. The van der Waals surface area contributed by atoms with E-state index in [2.05, 4.69) is 21.1 Å². The summed E-state index contributed by atoms with van der Waals surface area (Å²) in [5, 5.41) is 15.1. The summed E-state index contributed by atoms with van der Waals surface area (Å²) in [7, 11) is 0. The fourth-order valence-electron chi connectivity index (χ4n) is 8.91. The average Bonchev–Trinajstić information content (AvgIpc) is 3.95. The van der Waals surface area contributed by atoms with Crippen molar-refractivity contribution in [3.05, 3.63) is 47.8 Å². The summed E-state index contributed by atoms with van der Waals surface area (Å²) in [6, 6.07) is 9.06. The molecule has 1 spiro atoms. The number of aromatic hydroxyl groups is 1. The molecule has 3 saturated heterocycles. The molecule has 9 rings (SSSR count). The standard InChI is InChI=1S/C39H37F6N5O2S/c1-2-22-4-3-5-23-14-26(51)15-27(30(22)23)31-29(53-39(43,44)45)16-28-33(32(31)40)47-35(48-34(28)50-17-24-6-7-25(18-50)46-24)52-21-36(8-9-36)20-49-12-10-37(11-13-49)19-38(37,41)42/h1,3-5,14-16,24-25,46,51H,6-13,17-21H2. The zero-order valence-electron chi connectivity index (χ0n) is 28.7. The molecule has 0 amide bonds. The van der Waals surface area contributed by atoms with Crippen LogP contribution in [-0.4, -0.2) is 82.8 Å². The maximum Gasteiger partial charge on any atom is 0.446 e. The fourth-order valence-corrected chi connectivity index (χ4v) is 9.64. The van der Waals surface area contributed by atoms with E-state index < -0.39 is 39.3 Å². The Hall–Kier alpha value is -3.93. The molecule has 3 aromatic carbocycles. The molecular formula is C39H37F6N5O2S. The van der Waals surface area contributed by atoms with E-state index in [-0.39, 0.29) is 64.3 Å². The van der Waals surface area contributed by atoms with Gasteiger partial charge in [-0.15, -0.1) is 6.42 Å². The van der Waals surface area contributed by atoms with E-state index in [0.29, 0.717) is 67.7 Å². The van der Waals surface area contributed by atoms with Crippen molar-refractivity contribution in [2.45, 2.75) is 73.4 Å². The van der Waals surface area contributed by atoms with Crippen LogP contribution in [0.2, 0.25) is 0 Å². The minimum absolute atomic E-state index is 0.00625. The zero-order valence-corrected chi connectivity index (χ0v) is 29.5. The number of terminal acetylenes is 1. The number of hydrogen-bond donors (Lipinski definition) is 2. The first-order valence-electron chi connectivity index (χ1n) is 18.0. The number of rotatable bonds is 8. The van der Waals surface area contributed by atoms with Crippen LogP contribution in [0.1, 0.15) is 50.5 Å². The lowest BCUT2D eigenvalue weighted by Gasteiger charge is -2.35. The Labute approximate surface area is 306 Å². The van der Waals surface area contributed by atoms with Gasteiger partial charge < -0.3 is 25.0 Å². The van der Waals surface area contributed by atoms with Crippen molar-refractivity contribution < 1.29 is 36.2 Å². The minimum atomic E-state index is -4.78. The number of piperazine rings is 1. The summed E-state index contributed by atoms with van der Waals surface area (Å²) in [5.41, 5.74) is -6.11. The fraction of sp³-hybridized carbons (Fsp3) is 0.487. The molecule has 7 nitrogen and oxygen atoms in total. The molecule has 2 saturated carbocycles. The van der Waals surface area contributed by atoms with Gasteiger partial charge in [0.25, 0.3) is 5.92 Å². The van der Waals surface area contributed by atoms with Crippen LogP contribution < -0.4 is 15.0 Å². The van der Waals surface area contributed by atoms with Gasteiger partial charge in [0.1, 0.15) is 17.1 Å². The van der Waals surface area contributed by atoms with Gasteiger partial charge in [-0.3, -0.25) is 0 Å². The lowest BCUT2D eigenvalue weighted by molar-refractivity contribution is -0.0328. The number of phenolic OH excluding ortho intramolecular Hbond substituents is 1. The molecule has 4 aromatic rings. The molecule has 2 unspecified atom stereocenters. The third-order valence-corrected chi connectivity index (χ3v) is 12.8. The Kier molecular flexibility index (Phi) is 8.08. The monoisotopic (exact) mass is 753 g/mol. The number of ether oxygens (including phenoxy) is 1. The maximum atomic E-state index is 17.3. The van der Waals surface area contributed by atoms with Crippen LogP contribution in [0.15, 0.2) is 41.3 Å². The lowest BCUT2D eigenvalue weighted by Crippen LogP contribution is -2.51. The van der Waals surface area contributed by atoms with E-state index in [9.17, 15) is 27.1 Å². The van der Waals surface area contributed by atoms with Gasteiger partial charge in [0.05, 0.1) is 6.61 Å². The molecule has 4 heterocycles. The van der Waals surface area contributed by atoms with Crippen LogP contribution in [0.4, 0.5) is 32.2 Å². The van der Waals surface area contributed by atoms with Gasteiger partial charge in [-0.25, -0.2) is 13.2 Å². The molecular weight excluding hydrogens is 717 g/mol. The second kappa shape index (κ2) is 12.3. The van der Waals surface area contributed by atoms with Gasteiger partial charge in [-0.05, 0) is 98.6 Å². The predicted octanol–water partition coefficient (Wildman–Crippen LogP) is 8.11. The summed E-state index contributed by atoms with van der Waals surface area (Å²) < 4.78 is 94.4. The maximum absolute atomic E-state index is 17.3. The number of nitrogens with one attached hydrogen (secondary N) is 1. The summed E-state index contributed by atoms with van der Waals surface area (Å²) in [6.45, 7) is 3.13. The normalized spacial score (nSPS) is 24.1. The van der Waals surface area contributed by atoms with Crippen LogP contribution >= 0.6 is 11.8 Å². The van der Waals surface area contributed by atoms with Gasteiger partial charge in [-0.1, -0.05) is 18.1 Å². The van der Waals surface area contributed by atoms with Crippen molar-refractivity contribution >= 4 is 39.3 Å². The quantitative estimate of drug-likeness (QED) is 0.106. The molecule has 2 aliphatic carbocycles. The molecule has 5 fully saturated rings. The third-order valence-electron chi connectivity index (χ3n) is 12.0. The number of aromatic nitrogens is 2. The molecule has 53 heavy (non-hydrogen) atoms. The van der Waals surface area contributed by atoms with Crippen molar-refractivity contribution in [3.8, 4) is 35.2 Å². The van der Waals surface area contributed by atoms with Crippen molar-refractivity contribution in [2.24, 2.45) is 10.8 Å². The number of likely N-dealkylation sites (tertiary alicyclic amines) is 1. The SMILES string of the molecule is C#Cc1cccc2cc(O)cc(-c3c(SC(F)(F)F)cc4c(N5CC6CCC(C5)N6)nc(OCC5(CN6CCC7(CC6)CC7(F)F)CC5)nc4c3F)c12. The van der Waals surface area contributed by atoms with Gasteiger partial charge in [-0.2, -0.15) is 23.1 Å². The Bertz CT molecular complexity index is 2170. The third kappa shape index (κ3) is 6.32. The number of thioether (sulfide) groups is 1. The number of phenols is 1. The van der Waals surface area contributed by atoms with E-state index >= 15 is 4.39 Å². The van der Waals surface area contributed by atoms with Crippen molar-refractivity contribution in [2.75, 3.05) is 44.2 Å². The Morgan fingerprint density at radius 2 is 1.75 bits per heavy atom. The van der Waals surface area contributed by atoms with E-state index in [1.54, 1.807) is 18.2 Å². The lowest BCUT2D eigenvalue weighted by atomic mass is 9.92. The van der Waals surface area contributed by atoms with Gasteiger partial charge >= 0.3 is 11.5 Å². The molecule has 2 N–H and O–H groups in total. The first kappa shape index (κ1) is 34.8. The number of nitrogens with zero attached hydrogens (tertiary/aromatic N) is 4. The number of fused-ring (bicyclic) bond motifs is 4. The highest BCUT2D eigenvalue weighted by Gasteiger charge is 2.70. The predicted molar refractivity (Wildman–Crippen MR) is 191 cm³/mol. The Morgan fingerprint density at radius 1 is 1.04 bits per heavy atom. The highest BCUT2D eigenvalue weighted by atomic mass is 32.2. The number of piperidine rings is 1.